The van der Waals surface area contributed by atoms with E-state index in [-0.39, 0.29) is 17.7 Å². The summed E-state index contributed by atoms with van der Waals surface area (Å²) in [7, 11) is 0. The largest absolute Gasteiger partial charge is 0.872 e. The van der Waals surface area contributed by atoms with Crippen LogP contribution < -0.4 is 29.0 Å². The standard InChI is InChI=1S/C30H30N2O7/c1-3-13-37-22-7-5-20(16-24(22)36-4-2)27-26(28(33)21-6-8-23-25(17-21)39-15-14-38-23)29(34)30(35)32(27)18-19-9-11-31-12-10-19/h5-12,16-17,27,33H,3-4,13-15,18H2,1-2H3/b28-26+. The molecule has 1 saturated heterocycles. The fourth-order valence-corrected chi connectivity index (χ4v) is 4.74. The van der Waals surface area contributed by atoms with Crippen molar-refractivity contribution in [2.75, 3.05) is 26.4 Å². The lowest BCUT2D eigenvalue weighted by atomic mass is 9.94. The van der Waals surface area contributed by atoms with Gasteiger partial charge >= 0.3 is 0 Å². The molecule has 3 aromatic rings. The Hall–Kier alpha value is -4.53. The first-order chi connectivity index (χ1) is 19.0. The number of Topliss-reactive ketones (excluding diaryl/α,β-unsaturated/α-hetero) is 1. The number of nitrogens with one attached hydrogen (secondary N) is 1. The zero-order chi connectivity index (χ0) is 27.4. The number of ether oxygens (including phenoxy) is 4. The van der Waals surface area contributed by atoms with E-state index < -0.39 is 23.5 Å². The number of carbonyl (C=O) groups is 2. The molecule has 0 spiro atoms. The first-order valence-corrected chi connectivity index (χ1v) is 13.0. The Balaban J connectivity index is 1.63. The van der Waals surface area contributed by atoms with E-state index in [0.717, 1.165) is 12.0 Å². The van der Waals surface area contributed by atoms with Crippen LogP contribution in [0.5, 0.6) is 23.0 Å². The van der Waals surface area contributed by atoms with Crippen LogP contribution in [0, 0.1) is 0 Å². The van der Waals surface area contributed by atoms with Gasteiger partial charge in [-0.2, -0.15) is 0 Å². The molecule has 202 valence electrons. The van der Waals surface area contributed by atoms with E-state index in [0.29, 0.717) is 55.0 Å². The normalized spacial score (nSPS) is 17.8. The summed E-state index contributed by atoms with van der Waals surface area (Å²) in [6.07, 6.45) is 4.30. The molecule has 39 heavy (non-hydrogen) atoms. The van der Waals surface area contributed by atoms with Gasteiger partial charge in [0.15, 0.2) is 35.4 Å². The Labute approximate surface area is 226 Å². The number of benzene rings is 2. The first-order valence-electron chi connectivity index (χ1n) is 13.0. The molecule has 1 atom stereocenters. The van der Waals surface area contributed by atoms with Gasteiger partial charge in [0, 0.05) is 24.3 Å². The predicted octanol–water partition coefficient (Wildman–Crippen LogP) is 2.88. The molecule has 0 bridgehead atoms. The third kappa shape index (κ3) is 5.25. The van der Waals surface area contributed by atoms with Crippen LogP contribution in [-0.2, 0) is 16.1 Å². The van der Waals surface area contributed by atoms with E-state index in [1.54, 1.807) is 48.8 Å². The molecule has 1 unspecified atom stereocenters. The highest BCUT2D eigenvalue weighted by Crippen LogP contribution is 2.43. The zero-order valence-corrected chi connectivity index (χ0v) is 21.9. The van der Waals surface area contributed by atoms with Crippen molar-refractivity contribution in [3.63, 3.8) is 0 Å². The van der Waals surface area contributed by atoms with Crippen LogP contribution in [0.25, 0.3) is 5.76 Å². The molecule has 2 aromatic carbocycles. The Morgan fingerprint density at radius 3 is 2.49 bits per heavy atom. The predicted molar refractivity (Wildman–Crippen MR) is 139 cm³/mol. The van der Waals surface area contributed by atoms with Crippen molar-refractivity contribution in [1.29, 1.82) is 0 Å². The molecule has 1 fully saturated rings. The highest BCUT2D eigenvalue weighted by Gasteiger charge is 2.44. The monoisotopic (exact) mass is 530 g/mol. The van der Waals surface area contributed by atoms with Gasteiger partial charge in [-0.25, -0.2) is 4.98 Å². The van der Waals surface area contributed by atoms with Crippen LogP contribution in [0.4, 0.5) is 0 Å². The molecule has 0 radical (unpaired) electrons. The summed E-state index contributed by atoms with van der Waals surface area (Å²) >= 11 is 0. The van der Waals surface area contributed by atoms with Gasteiger partial charge in [-0.05, 0) is 54.3 Å². The summed E-state index contributed by atoms with van der Waals surface area (Å²) in [5.74, 6) is -0.110. The molecule has 1 amide bonds. The van der Waals surface area contributed by atoms with Gasteiger partial charge in [-0.15, -0.1) is 0 Å². The molecule has 2 aliphatic heterocycles. The number of hydrogen-bond donors (Lipinski definition) is 0. The van der Waals surface area contributed by atoms with E-state index in [1.165, 1.54) is 4.90 Å². The summed E-state index contributed by atoms with van der Waals surface area (Å²) in [6, 6.07) is 12.8. The van der Waals surface area contributed by atoms with E-state index in [2.05, 4.69) is 4.98 Å². The molecular weight excluding hydrogens is 500 g/mol. The van der Waals surface area contributed by atoms with Crippen molar-refractivity contribution in [2.45, 2.75) is 32.9 Å². The molecule has 0 saturated carbocycles. The van der Waals surface area contributed by atoms with Crippen LogP contribution in [0.15, 0.2) is 66.5 Å². The number of fused-ring (bicyclic) bond motifs is 1. The van der Waals surface area contributed by atoms with E-state index in [4.69, 9.17) is 18.9 Å². The number of rotatable bonds is 9. The molecule has 9 nitrogen and oxygen atoms in total. The minimum atomic E-state index is -0.922. The van der Waals surface area contributed by atoms with Crippen LogP contribution in [0.3, 0.4) is 0 Å². The lowest BCUT2D eigenvalue weighted by Gasteiger charge is -2.28. The van der Waals surface area contributed by atoms with Gasteiger partial charge in [0.1, 0.15) is 13.2 Å². The van der Waals surface area contributed by atoms with Gasteiger partial charge in [-0.3, -0.25) is 9.59 Å². The van der Waals surface area contributed by atoms with Crippen LogP contribution >= 0.6 is 0 Å². The number of aromatic amines is 1. The maximum Gasteiger partial charge on any atom is 0.295 e. The summed E-state index contributed by atoms with van der Waals surface area (Å²) in [5.41, 5.74) is 1.50. The van der Waals surface area contributed by atoms with Crippen molar-refractivity contribution in [3.05, 3.63) is 83.2 Å². The van der Waals surface area contributed by atoms with Crippen LogP contribution in [-0.4, -0.2) is 43.0 Å². The second kappa shape index (κ2) is 11.5. The third-order valence-corrected chi connectivity index (χ3v) is 6.52. The lowest BCUT2D eigenvalue weighted by Crippen LogP contribution is -2.29. The molecule has 9 heteroatoms. The van der Waals surface area contributed by atoms with Crippen molar-refractivity contribution in [3.8, 4) is 23.0 Å². The van der Waals surface area contributed by atoms with Crippen molar-refractivity contribution in [1.82, 2.24) is 4.90 Å². The number of carbonyl (C=O) groups excluding carboxylic acids is 2. The molecule has 3 heterocycles. The van der Waals surface area contributed by atoms with Gasteiger partial charge < -0.3 is 29.0 Å². The Morgan fingerprint density at radius 1 is 0.974 bits per heavy atom. The van der Waals surface area contributed by atoms with Gasteiger partial charge in [0.25, 0.3) is 5.91 Å². The molecule has 1 aromatic heterocycles. The molecule has 1 N–H and O–H groups in total. The summed E-state index contributed by atoms with van der Waals surface area (Å²) < 4.78 is 22.9. The summed E-state index contributed by atoms with van der Waals surface area (Å²) in [4.78, 5) is 31.2. The van der Waals surface area contributed by atoms with Crippen LogP contribution in [0.1, 0.15) is 43.0 Å². The number of ketones is 1. The second-order valence-electron chi connectivity index (χ2n) is 9.16. The molecule has 0 aliphatic carbocycles. The Kier molecular flexibility index (Phi) is 7.67. The Morgan fingerprint density at radius 2 is 1.74 bits per heavy atom. The minimum Gasteiger partial charge on any atom is -0.872 e. The number of nitrogens with zero attached hydrogens (tertiary/aromatic N) is 1. The van der Waals surface area contributed by atoms with Crippen molar-refractivity contribution >= 4 is 17.4 Å². The topological polar surface area (TPSA) is 111 Å². The minimum absolute atomic E-state index is 0.121. The second-order valence-corrected chi connectivity index (χ2v) is 9.16. The fraction of sp³-hybridized carbons (Fsp3) is 0.300. The number of H-pyrrole nitrogens is 1. The van der Waals surface area contributed by atoms with E-state index in [1.807, 2.05) is 26.0 Å². The number of amides is 1. The highest BCUT2D eigenvalue weighted by molar-refractivity contribution is 6.46. The number of likely N-dealkylation sites (tertiary alicyclic amines) is 1. The van der Waals surface area contributed by atoms with E-state index in [9.17, 15) is 14.7 Å². The maximum atomic E-state index is 13.9. The number of hydrogen-bond acceptors (Lipinski definition) is 7. The number of pyridine rings is 1. The Bertz CT molecular complexity index is 1400. The van der Waals surface area contributed by atoms with Crippen LogP contribution in [0.2, 0.25) is 0 Å². The number of aromatic nitrogens is 1. The SMILES string of the molecule is CCCOc1ccc(C2/C(=C(\[O-])c3ccc4c(c3)OCCO4)C(=O)C(=O)N2Cc2cc[nH+]cc2)cc1OCC. The zero-order valence-electron chi connectivity index (χ0n) is 21.9. The third-order valence-electron chi connectivity index (χ3n) is 6.52. The molecule has 2 aliphatic rings. The fourth-order valence-electron chi connectivity index (χ4n) is 4.74. The van der Waals surface area contributed by atoms with Gasteiger partial charge in [0.05, 0.1) is 19.3 Å². The smallest absolute Gasteiger partial charge is 0.295 e. The molecular formula is C30H30N2O7. The molecule has 5 rings (SSSR count). The van der Waals surface area contributed by atoms with Crippen molar-refractivity contribution in [2.24, 2.45) is 0 Å². The van der Waals surface area contributed by atoms with Crippen molar-refractivity contribution < 1.29 is 38.6 Å². The van der Waals surface area contributed by atoms with Gasteiger partial charge in [0.2, 0.25) is 5.78 Å². The average Bonchev–Trinajstić information content (AvgIpc) is 3.21. The van der Waals surface area contributed by atoms with Gasteiger partial charge in [-0.1, -0.05) is 24.8 Å². The lowest BCUT2D eigenvalue weighted by molar-refractivity contribution is -0.378. The first kappa shape index (κ1) is 26.1. The summed E-state index contributed by atoms with van der Waals surface area (Å²) in [6.45, 7) is 5.69. The summed E-state index contributed by atoms with van der Waals surface area (Å²) in [5, 5.41) is 13.9. The van der Waals surface area contributed by atoms with E-state index >= 15 is 0 Å². The highest BCUT2D eigenvalue weighted by atomic mass is 16.6. The maximum absolute atomic E-state index is 13.9. The quantitative estimate of drug-likeness (QED) is 0.238. The average molecular weight is 531 g/mol.